The topological polar surface area (TPSA) is 49.4 Å². The van der Waals surface area contributed by atoms with Gasteiger partial charge in [0.25, 0.3) is 0 Å². The maximum Gasteiger partial charge on any atom is 0.242 e. The molecule has 2 amide bonds. The summed E-state index contributed by atoms with van der Waals surface area (Å²) in [5, 5.41) is 4.72. The van der Waals surface area contributed by atoms with Crippen LogP contribution >= 0.6 is 46.6 Å². The number of nitrogens with zero attached hydrogens (tertiary/aromatic N) is 1. The number of halogens is 3. The summed E-state index contributed by atoms with van der Waals surface area (Å²) in [4.78, 5) is 27.7. The van der Waals surface area contributed by atoms with Crippen molar-refractivity contribution in [3.05, 3.63) is 68.7 Å². The lowest BCUT2D eigenvalue weighted by atomic mass is 10.1. The molecule has 1 saturated carbocycles. The number of nitrogens with one attached hydrogen (secondary N) is 1. The van der Waals surface area contributed by atoms with E-state index in [1.807, 2.05) is 24.3 Å². The van der Waals surface area contributed by atoms with Gasteiger partial charge in [-0.3, -0.25) is 9.59 Å². The first kappa shape index (κ1) is 25.2. The Bertz CT molecular complexity index is 930. The molecule has 4 nitrogen and oxygen atoms in total. The maximum atomic E-state index is 13.2. The average Bonchev–Trinajstić information content (AvgIpc) is 3.26. The van der Waals surface area contributed by atoms with Gasteiger partial charge in [-0.1, -0.05) is 65.8 Å². The molecule has 2 aromatic carbocycles. The molecule has 0 aliphatic heterocycles. The molecule has 3 rings (SSSR count). The lowest BCUT2D eigenvalue weighted by Gasteiger charge is -2.30. The number of thioether (sulfide) groups is 1. The monoisotopic (exact) mass is 512 g/mol. The van der Waals surface area contributed by atoms with E-state index in [1.54, 1.807) is 30.0 Å². The summed E-state index contributed by atoms with van der Waals surface area (Å²) < 4.78 is 0. The summed E-state index contributed by atoms with van der Waals surface area (Å²) in [6, 6.07) is 12.4. The third-order valence-corrected chi connectivity index (χ3v) is 7.57. The molecule has 0 spiro atoms. The minimum absolute atomic E-state index is 0.137. The van der Waals surface area contributed by atoms with E-state index < -0.39 is 6.04 Å². The molecule has 0 aromatic heterocycles. The minimum Gasteiger partial charge on any atom is -0.352 e. The number of hydrogen-bond acceptors (Lipinski definition) is 3. The highest BCUT2D eigenvalue weighted by Gasteiger charge is 2.29. The highest BCUT2D eigenvalue weighted by molar-refractivity contribution is 7.99. The third-order valence-electron chi connectivity index (χ3n) is 5.64. The molecule has 1 fully saturated rings. The number of hydrogen-bond donors (Lipinski definition) is 1. The van der Waals surface area contributed by atoms with Crippen molar-refractivity contribution in [1.82, 2.24) is 10.2 Å². The molecule has 172 valence electrons. The zero-order valence-electron chi connectivity index (χ0n) is 18.0. The second kappa shape index (κ2) is 12.2. The first-order chi connectivity index (χ1) is 15.3. The Hall–Kier alpha value is -1.40. The fourth-order valence-corrected chi connectivity index (χ4v) is 5.38. The van der Waals surface area contributed by atoms with Crippen LogP contribution in [0.3, 0.4) is 0 Å². The van der Waals surface area contributed by atoms with Gasteiger partial charge in [-0.05, 0) is 49.6 Å². The van der Waals surface area contributed by atoms with Crippen LogP contribution in [0.2, 0.25) is 15.1 Å². The van der Waals surface area contributed by atoms with E-state index >= 15 is 0 Å². The van der Waals surface area contributed by atoms with E-state index in [4.69, 9.17) is 34.8 Å². The molecule has 1 aliphatic rings. The Morgan fingerprint density at radius 3 is 2.41 bits per heavy atom. The van der Waals surface area contributed by atoms with Crippen molar-refractivity contribution in [2.75, 3.05) is 5.75 Å². The van der Waals surface area contributed by atoms with Crippen LogP contribution in [0.1, 0.15) is 43.7 Å². The number of benzene rings is 2. The summed E-state index contributed by atoms with van der Waals surface area (Å²) >= 11 is 20.3. The highest BCUT2D eigenvalue weighted by atomic mass is 35.5. The Morgan fingerprint density at radius 2 is 1.75 bits per heavy atom. The Labute approximate surface area is 209 Å². The minimum atomic E-state index is -0.637. The zero-order valence-corrected chi connectivity index (χ0v) is 21.0. The fraction of sp³-hybridized carbons (Fsp3) is 0.417. The second-order valence-electron chi connectivity index (χ2n) is 8.01. The van der Waals surface area contributed by atoms with E-state index in [0.717, 1.165) is 31.2 Å². The van der Waals surface area contributed by atoms with Crippen molar-refractivity contribution in [2.24, 2.45) is 0 Å². The largest absolute Gasteiger partial charge is 0.352 e. The molecule has 0 heterocycles. The van der Waals surface area contributed by atoms with Gasteiger partial charge in [0.05, 0.1) is 5.75 Å². The van der Waals surface area contributed by atoms with E-state index in [-0.39, 0.29) is 30.2 Å². The fourth-order valence-electron chi connectivity index (χ4n) is 3.79. The Morgan fingerprint density at radius 1 is 1.09 bits per heavy atom. The van der Waals surface area contributed by atoms with Gasteiger partial charge in [0.1, 0.15) is 6.04 Å². The van der Waals surface area contributed by atoms with Crippen molar-refractivity contribution in [1.29, 1.82) is 0 Å². The van der Waals surface area contributed by atoms with E-state index in [0.29, 0.717) is 26.4 Å². The molecule has 1 aliphatic carbocycles. The van der Waals surface area contributed by atoms with Crippen molar-refractivity contribution < 1.29 is 9.59 Å². The molecule has 8 heteroatoms. The molecule has 2 aromatic rings. The number of amides is 2. The number of carbonyl (C=O) groups excluding carboxylic acids is 2. The molecule has 1 N–H and O–H groups in total. The van der Waals surface area contributed by atoms with E-state index in [2.05, 4.69) is 5.32 Å². The van der Waals surface area contributed by atoms with Gasteiger partial charge in [0.2, 0.25) is 11.8 Å². The molecule has 1 atom stereocenters. The van der Waals surface area contributed by atoms with Crippen LogP contribution in [0, 0.1) is 0 Å². The van der Waals surface area contributed by atoms with Crippen molar-refractivity contribution in [2.45, 2.75) is 57.0 Å². The van der Waals surface area contributed by atoms with Crippen molar-refractivity contribution >= 4 is 58.4 Å². The van der Waals surface area contributed by atoms with Gasteiger partial charge in [-0.25, -0.2) is 0 Å². The third kappa shape index (κ3) is 7.05. The molecule has 32 heavy (non-hydrogen) atoms. The second-order valence-corrected chi connectivity index (χ2v) is 10.2. The SMILES string of the molecule is C[C@@H](C(=O)NC1CCCC1)N(Cc1c(Cl)cccc1Cl)C(=O)CSCc1cccc(Cl)c1. The van der Waals surface area contributed by atoms with Crippen LogP contribution in [0.15, 0.2) is 42.5 Å². The number of rotatable bonds is 9. The first-order valence-electron chi connectivity index (χ1n) is 10.7. The lowest BCUT2D eigenvalue weighted by Crippen LogP contribution is -2.50. The molecule has 0 radical (unpaired) electrons. The van der Waals surface area contributed by atoms with Crippen LogP contribution in [-0.2, 0) is 21.9 Å². The quantitative estimate of drug-likeness (QED) is 0.425. The van der Waals surface area contributed by atoms with Crippen LogP contribution in [0.25, 0.3) is 0 Å². The predicted molar refractivity (Wildman–Crippen MR) is 134 cm³/mol. The molecular weight excluding hydrogens is 487 g/mol. The van der Waals surface area contributed by atoms with Gasteiger partial charge in [-0.15, -0.1) is 11.8 Å². The van der Waals surface area contributed by atoms with Crippen LogP contribution in [-0.4, -0.2) is 34.6 Å². The van der Waals surface area contributed by atoms with Crippen LogP contribution < -0.4 is 5.32 Å². The van der Waals surface area contributed by atoms with Gasteiger partial charge in [0, 0.05) is 39.0 Å². The van der Waals surface area contributed by atoms with E-state index in [1.165, 1.54) is 11.8 Å². The standard InChI is InChI=1S/C24H27Cl3N2O2S/c1-16(24(31)28-19-8-2-3-9-19)29(13-20-21(26)10-5-11-22(20)27)23(30)15-32-14-17-6-4-7-18(25)12-17/h4-7,10-12,16,19H,2-3,8-9,13-15H2,1H3,(H,28,31)/t16-/m0/s1. The smallest absolute Gasteiger partial charge is 0.242 e. The van der Waals surface area contributed by atoms with Gasteiger partial charge < -0.3 is 10.2 Å². The highest BCUT2D eigenvalue weighted by Crippen LogP contribution is 2.27. The molecule has 0 bridgehead atoms. The first-order valence-corrected chi connectivity index (χ1v) is 13.0. The number of carbonyl (C=O) groups is 2. The zero-order chi connectivity index (χ0) is 23.1. The average molecular weight is 514 g/mol. The molecule has 0 unspecified atom stereocenters. The summed E-state index contributed by atoms with van der Waals surface area (Å²) in [5.41, 5.74) is 1.69. The van der Waals surface area contributed by atoms with Crippen LogP contribution in [0.5, 0.6) is 0 Å². The summed E-state index contributed by atoms with van der Waals surface area (Å²) in [6.07, 6.45) is 4.21. The van der Waals surface area contributed by atoms with Gasteiger partial charge in [0.15, 0.2) is 0 Å². The Balaban J connectivity index is 1.70. The van der Waals surface area contributed by atoms with Crippen molar-refractivity contribution in [3.8, 4) is 0 Å². The summed E-state index contributed by atoms with van der Waals surface area (Å²) in [5.74, 6) is 0.598. The van der Waals surface area contributed by atoms with Crippen molar-refractivity contribution in [3.63, 3.8) is 0 Å². The maximum absolute atomic E-state index is 13.2. The van der Waals surface area contributed by atoms with Gasteiger partial charge >= 0.3 is 0 Å². The molecular formula is C24H27Cl3N2O2S. The summed E-state index contributed by atoms with van der Waals surface area (Å²) in [7, 11) is 0. The normalized spacial score (nSPS) is 14.9. The van der Waals surface area contributed by atoms with Crippen LogP contribution in [0.4, 0.5) is 0 Å². The van der Waals surface area contributed by atoms with E-state index in [9.17, 15) is 9.59 Å². The summed E-state index contributed by atoms with van der Waals surface area (Å²) in [6.45, 7) is 1.93. The van der Waals surface area contributed by atoms with Gasteiger partial charge in [-0.2, -0.15) is 0 Å². The Kier molecular flexibility index (Phi) is 9.60. The molecule has 0 saturated heterocycles. The lowest BCUT2D eigenvalue weighted by molar-refractivity contribution is -0.138. The predicted octanol–water partition coefficient (Wildman–Crippen LogP) is 6.36.